The van der Waals surface area contributed by atoms with Gasteiger partial charge >= 0.3 is 0 Å². The number of carbonyl (C=O) groups is 1. The average Bonchev–Trinajstić information content (AvgIpc) is 2.79. The zero-order chi connectivity index (χ0) is 22.6. The summed E-state index contributed by atoms with van der Waals surface area (Å²) < 4.78 is 27.6. The SMILES string of the molecule is CC[C@H](C)S(=O)(=O)Nc1cc(C(=O)N2CCC(c3ccc(C#N)cc3)CC2)ccc1C. The lowest BCUT2D eigenvalue weighted by molar-refractivity contribution is 0.0713. The third kappa shape index (κ3) is 5.26. The molecular weight excluding hydrogens is 410 g/mol. The number of nitrogens with one attached hydrogen (secondary N) is 1. The summed E-state index contributed by atoms with van der Waals surface area (Å²) in [7, 11) is -3.49. The lowest BCUT2D eigenvalue weighted by Crippen LogP contribution is -2.38. The van der Waals surface area contributed by atoms with Crippen molar-refractivity contribution >= 4 is 21.6 Å². The molecule has 0 aliphatic carbocycles. The van der Waals surface area contributed by atoms with Gasteiger partial charge in [-0.1, -0.05) is 25.1 Å². The molecule has 6 nitrogen and oxygen atoms in total. The second-order valence-electron chi connectivity index (χ2n) is 8.20. The minimum Gasteiger partial charge on any atom is -0.339 e. The zero-order valence-corrected chi connectivity index (χ0v) is 19.1. The fourth-order valence-electron chi connectivity index (χ4n) is 3.77. The van der Waals surface area contributed by atoms with Crippen molar-refractivity contribution in [1.29, 1.82) is 5.26 Å². The third-order valence-electron chi connectivity index (χ3n) is 6.13. The Bertz CT molecular complexity index is 1080. The Morgan fingerprint density at radius 3 is 2.42 bits per heavy atom. The van der Waals surface area contributed by atoms with Crippen molar-refractivity contribution in [1.82, 2.24) is 4.90 Å². The van der Waals surface area contributed by atoms with Crippen LogP contribution in [0.4, 0.5) is 5.69 Å². The first-order valence-corrected chi connectivity index (χ1v) is 12.2. The molecule has 0 bridgehead atoms. The summed E-state index contributed by atoms with van der Waals surface area (Å²) in [6.07, 6.45) is 2.23. The Morgan fingerprint density at radius 1 is 1.19 bits per heavy atom. The molecule has 0 aromatic heterocycles. The summed E-state index contributed by atoms with van der Waals surface area (Å²) in [4.78, 5) is 14.9. The van der Waals surface area contributed by atoms with Crippen molar-refractivity contribution in [3.05, 3.63) is 64.7 Å². The van der Waals surface area contributed by atoms with Gasteiger partial charge in [-0.3, -0.25) is 9.52 Å². The van der Waals surface area contributed by atoms with Crippen molar-refractivity contribution < 1.29 is 13.2 Å². The van der Waals surface area contributed by atoms with Crippen LogP contribution in [-0.4, -0.2) is 37.6 Å². The van der Waals surface area contributed by atoms with Crippen LogP contribution in [0.1, 0.15) is 66.1 Å². The lowest BCUT2D eigenvalue weighted by Gasteiger charge is -2.32. The highest BCUT2D eigenvalue weighted by atomic mass is 32.2. The van der Waals surface area contributed by atoms with Gasteiger partial charge in [0.15, 0.2) is 0 Å². The molecule has 31 heavy (non-hydrogen) atoms. The maximum absolute atomic E-state index is 13.1. The predicted octanol–water partition coefficient (Wildman–Crippen LogP) is 4.43. The van der Waals surface area contributed by atoms with Gasteiger partial charge in [-0.2, -0.15) is 5.26 Å². The van der Waals surface area contributed by atoms with Crippen LogP contribution in [0.3, 0.4) is 0 Å². The number of rotatable bonds is 6. The molecule has 1 aliphatic heterocycles. The quantitative estimate of drug-likeness (QED) is 0.721. The van der Waals surface area contributed by atoms with Gasteiger partial charge < -0.3 is 4.90 Å². The minimum absolute atomic E-state index is 0.0812. The fourth-order valence-corrected chi connectivity index (χ4v) is 4.93. The maximum Gasteiger partial charge on any atom is 0.253 e. The monoisotopic (exact) mass is 439 g/mol. The Kier molecular flexibility index (Phi) is 7.01. The van der Waals surface area contributed by atoms with Gasteiger partial charge in [0.25, 0.3) is 5.91 Å². The van der Waals surface area contributed by atoms with Crippen LogP contribution in [0.5, 0.6) is 0 Å². The summed E-state index contributed by atoms with van der Waals surface area (Å²) in [6, 6.07) is 15.0. The molecule has 1 N–H and O–H groups in total. The van der Waals surface area contributed by atoms with Gasteiger partial charge in [0.2, 0.25) is 10.0 Å². The number of hydrogen-bond donors (Lipinski definition) is 1. The number of amides is 1. The second-order valence-corrected chi connectivity index (χ2v) is 10.3. The maximum atomic E-state index is 13.1. The molecule has 0 saturated carbocycles. The summed E-state index contributed by atoms with van der Waals surface area (Å²) in [5.41, 5.74) is 3.57. The first kappa shape index (κ1) is 22.8. The molecule has 1 amide bonds. The molecule has 2 aromatic rings. The number of likely N-dealkylation sites (tertiary alicyclic amines) is 1. The number of nitrogens with zero attached hydrogens (tertiary/aromatic N) is 2. The molecule has 1 atom stereocenters. The summed E-state index contributed by atoms with van der Waals surface area (Å²) in [5, 5.41) is 8.44. The molecule has 1 aliphatic rings. The topological polar surface area (TPSA) is 90.3 Å². The van der Waals surface area contributed by atoms with Crippen LogP contribution in [0, 0.1) is 18.3 Å². The Morgan fingerprint density at radius 2 is 1.84 bits per heavy atom. The van der Waals surface area contributed by atoms with Crippen molar-refractivity contribution in [2.45, 2.75) is 51.2 Å². The summed E-state index contributed by atoms with van der Waals surface area (Å²) in [6.45, 7) is 6.62. The molecule has 3 rings (SSSR count). The van der Waals surface area contributed by atoms with E-state index in [2.05, 4.69) is 10.8 Å². The number of hydrogen-bond acceptors (Lipinski definition) is 4. The van der Waals surface area contributed by atoms with E-state index < -0.39 is 15.3 Å². The van der Waals surface area contributed by atoms with E-state index in [-0.39, 0.29) is 5.91 Å². The number of benzene rings is 2. The van der Waals surface area contributed by atoms with E-state index in [9.17, 15) is 13.2 Å². The highest BCUT2D eigenvalue weighted by Crippen LogP contribution is 2.29. The number of carbonyl (C=O) groups excluding carboxylic acids is 1. The van der Waals surface area contributed by atoms with Gasteiger partial charge in [-0.25, -0.2) is 8.42 Å². The van der Waals surface area contributed by atoms with E-state index in [4.69, 9.17) is 5.26 Å². The predicted molar refractivity (Wildman–Crippen MR) is 123 cm³/mol. The van der Waals surface area contributed by atoms with Crippen LogP contribution in [-0.2, 0) is 10.0 Å². The van der Waals surface area contributed by atoms with E-state index in [1.165, 1.54) is 5.56 Å². The molecule has 7 heteroatoms. The number of nitriles is 1. The van der Waals surface area contributed by atoms with Gasteiger partial charge in [0.1, 0.15) is 0 Å². The second kappa shape index (κ2) is 9.52. The van der Waals surface area contributed by atoms with Crippen molar-refractivity contribution in [3.63, 3.8) is 0 Å². The van der Waals surface area contributed by atoms with Crippen molar-refractivity contribution in [2.24, 2.45) is 0 Å². The first-order chi connectivity index (χ1) is 14.7. The molecule has 1 fully saturated rings. The van der Waals surface area contributed by atoms with Crippen LogP contribution in [0.2, 0.25) is 0 Å². The highest BCUT2D eigenvalue weighted by molar-refractivity contribution is 7.93. The van der Waals surface area contributed by atoms with Gasteiger partial charge in [0.05, 0.1) is 22.6 Å². The first-order valence-electron chi connectivity index (χ1n) is 10.7. The Balaban J connectivity index is 1.69. The molecule has 0 radical (unpaired) electrons. The normalized spacial score (nSPS) is 15.9. The van der Waals surface area contributed by atoms with Crippen LogP contribution in [0.15, 0.2) is 42.5 Å². The molecule has 2 aromatic carbocycles. The largest absolute Gasteiger partial charge is 0.339 e. The number of anilines is 1. The van der Waals surface area contributed by atoms with Gasteiger partial charge in [-0.15, -0.1) is 0 Å². The standard InChI is InChI=1S/C24H29N3O3S/c1-4-18(3)31(29,30)26-23-15-22(8-5-17(23)2)24(28)27-13-11-21(12-14-27)20-9-6-19(16-25)7-10-20/h5-10,15,18,21,26H,4,11-14H2,1-3H3/t18-/m0/s1. The van der Waals surface area contributed by atoms with E-state index in [1.54, 1.807) is 25.1 Å². The zero-order valence-electron chi connectivity index (χ0n) is 18.3. The Hall–Kier alpha value is -2.85. The molecule has 0 spiro atoms. The van der Waals surface area contributed by atoms with E-state index >= 15 is 0 Å². The van der Waals surface area contributed by atoms with Gasteiger partial charge in [0, 0.05) is 18.7 Å². The molecular formula is C24H29N3O3S. The van der Waals surface area contributed by atoms with Crippen molar-refractivity contribution in [2.75, 3.05) is 17.8 Å². The highest BCUT2D eigenvalue weighted by Gasteiger charge is 2.26. The molecule has 164 valence electrons. The smallest absolute Gasteiger partial charge is 0.253 e. The number of sulfonamides is 1. The van der Waals surface area contributed by atoms with Crippen LogP contribution >= 0.6 is 0 Å². The molecule has 0 unspecified atom stereocenters. The minimum atomic E-state index is -3.49. The lowest BCUT2D eigenvalue weighted by atomic mass is 9.89. The van der Waals surface area contributed by atoms with E-state index in [0.717, 1.165) is 18.4 Å². The van der Waals surface area contributed by atoms with Gasteiger partial charge in [-0.05, 0) is 74.4 Å². The number of aryl methyl sites for hydroxylation is 1. The summed E-state index contributed by atoms with van der Waals surface area (Å²) in [5.74, 6) is 0.287. The summed E-state index contributed by atoms with van der Waals surface area (Å²) >= 11 is 0. The van der Waals surface area contributed by atoms with Crippen LogP contribution in [0.25, 0.3) is 0 Å². The third-order valence-corrected chi connectivity index (χ3v) is 8.03. The number of piperidine rings is 1. The van der Waals surface area contributed by atoms with Crippen molar-refractivity contribution in [3.8, 4) is 6.07 Å². The molecule has 1 heterocycles. The average molecular weight is 440 g/mol. The van der Waals surface area contributed by atoms with Crippen LogP contribution < -0.4 is 4.72 Å². The Labute approximate surface area is 184 Å². The molecule has 1 saturated heterocycles. The fraction of sp³-hybridized carbons (Fsp3) is 0.417. The van der Waals surface area contributed by atoms with E-state index in [1.807, 2.05) is 43.0 Å². The van der Waals surface area contributed by atoms with E-state index in [0.29, 0.717) is 42.2 Å².